The maximum absolute atomic E-state index is 13.0. The van der Waals surface area contributed by atoms with E-state index in [9.17, 15) is 28.9 Å². The molecule has 3 unspecified atom stereocenters. The number of ether oxygens (including phenoxy) is 3. The van der Waals surface area contributed by atoms with E-state index in [4.69, 9.17) is 23.3 Å². The van der Waals surface area contributed by atoms with E-state index in [0.717, 1.165) is 89.9 Å². The molecule has 3 atom stereocenters. The molecule has 80 heavy (non-hydrogen) atoms. The van der Waals surface area contributed by atoms with Gasteiger partial charge in [0.15, 0.2) is 6.10 Å². The number of esters is 3. The van der Waals surface area contributed by atoms with Crippen LogP contribution in [0.3, 0.4) is 0 Å². The maximum Gasteiger partial charge on any atom is 0.472 e. The lowest BCUT2D eigenvalue weighted by Crippen LogP contribution is -2.30. The van der Waals surface area contributed by atoms with E-state index in [-0.39, 0.29) is 25.9 Å². The summed E-state index contributed by atoms with van der Waals surface area (Å²) in [5.41, 5.74) is 0. The first kappa shape index (κ1) is 77.4. The number of allylic oxidation sites excluding steroid dienone is 8. The number of hydrogen-bond donors (Lipinski definition) is 2. The van der Waals surface area contributed by atoms with Crippen LogP contribution in [0.15, 0.2) is 48.6 Å². The molecule has 0 aliphatic rings. The normalized spacial score (nSPS) is 13.5. The molecule has 0 saturated heterocycles. The fraction of sp³-hybridized carbons (Fsp3) is 0.838. The lowest BCUT2D eigenvalue weighted by molar-refractivity contribution is -0.161. The summed E-state index contributed by atoms with van der Waals surface area (Å²) >= 11 is 0. The Bertz CT molecular complexity index is 1530. The topological polar surface area (TPSA) is 155 Å². The molecule has 0 aromatic heterocycles. The van der Waals surface area contributed by atoms with E-state index >= 15 is 0 Å². The van der Waals surface area contributed by atoms with Crippen LogP contribution >= 0.6 is 7.82 Å². The Kier molecular flexibility index (Phi) is 60.5. The Hall–Kier alpha value is -2.56. The number of aliphatic hydroxyl groups is 1. The maximum atomic E-state index is 13.0. The van der Waals surface area contributed by atoms with Crippen molar-refractivity contribution in [3.05, 3.63) is 48.6 Å². The first-order valence-corrected chi connectivity index (χ1v) is 35.0. The van der Waals surface area contributed by atoms with Crippen molar-refractivity contribution in [2.75, 3.05) is 26.4 Å². The molecule has 0 fully saturated rings. The van der Waals surface area contributed by atoms with Gasteiger partial charge in [-0.05, 0) is 77.0 Å². The Morgan fingerprint density at radius 1 is 0.362 bits per heavy atom. The van der Waals surface area contributed by atoms with Crippen molar-refractivity contribution in [2.45, 2.75) is 341 Å². The first-order valence-electron chi connectivity index (χ1n) is 33.5. The summed E-state index contributed by atoms with van der Waals surface area (Å²) < 4.78 is 39.7. The predicted molar refractivity (Wildman–Crippen MR) is 335 cm³/mol. The van der Waals surface area contributed by atoms with Crippen LogP contribution < -0.4 is 0 Å². The summed E-state index contributed by atoms with van der Waals surface area (Å²) in [6.45, 7) is 4.58. The number of aliphatic hydroxyl groups excluding tert-OH is 1. The molecule has 468 valence electrons. The third kappa shape index (κ3) is 60.0. The van der Waals surface area contributed by atoms with Gasteiger partial charge < -0.3 is 24.2 Å². The highest BCUT2D eigenvalue weighted by Crippen LogP contribution is 2.43. The summed E-state index contributed by atoms with van der Waals surface area (Å²) in [7, 11) is -4.76. The van der Waals surface area contributed by atoms with Gasteiger partial charge in [0.05, 0.1) is 19.8 Å². The van der Waals surface area contributed by atoms with Crippen molar-refractivity contribution in [3.63, 3.8) is 0 Å². The Balaban J connectivity index is 4.67. The van der Waals surface area contributed by atoms with Gasteiger partial charge in [0, 0.05) is 19.3 Å². The molecule has 12 heteroatoms. The monoisotopic (exact) mass is 1150 g/mol. The molecule has 11 nitrogen and oxygen atoms in total. The fourth-order valence-corrected chi connectivity index (χ4v) is 10.4. The summed E-state index contributed by atoms with van der Waals surface area (Å²) in [6.07, 6.45) is 69.2. The number of phosphoric ester groups is 1. The lowest BCUT2D eigenvalue weighted by Gasteiger charge is -2.21. The van der Waals surface area contributed by atoms with Crippen LogP contribution in [-0.4, -0.2) is 66.5 Å². The van der Waals surface area contributed by atoms with Crippen molar-refractivity contribution in [1.82, 2.24) is 0 Å². The van der Waals surface area contributed by atoms with E-state index < -0.39 is 57.8 Å². The molecule has 0 saturated carbocycles. The van der Waals surface area contributed by atoms with Crippen LogP contribution in [-0.2, 0) is 42.2 Å². The smallest absolute Gasteiger partial charge is 0.462 e. The zero-order valence-electron chi connectivity index (χ0n) is 52.1. The van der Waals surface area contributed by atoms with Gasteiger partial charge >= 0.3 is 25.7 Å². The molecule has 0 bridgehead atoms. The van der Waals surface area contributed by atoms with Crippen LogP contribution in [0.25, 0.3) is 0 Å². The van der Waals surface area contributed by atoms with Crippen LogP contribution in [0.1, 0.15) is 329 Å². The van der Waals surface area contributed by atoms with E-state index in [1.807, 2.05) is 0 Å². The van der Waals surface area contributed by atoms with Crippen molar-refractivity contribution < 1.29 is 52.2 Å². The minimum atomic E-state index is -4.76. The summed E-state index contributed by atoms with van der Waals surface area (Å²) in [4.78, 5) is 48.8. The van der Waals surface area contributed by atoms with Crippen LogP contribution in [0.2, 0.25) is 0 Å². The highest BCUT2D eigenvalue weighted by atomic mass is 31.2. The fourth-order valence-electron chi connectivity index (χ4n) is 9.66. The van der Waals surface area contributed by atoms with Crippen molar-refractivity contribution in [3.8, 4) is 0 Å². The zero-order valence-corrected chi connectivity index (χ0v) is 53.0. The third-order valence-electron chi connectivity index (χ3n) is 14.7. The molecule has 2 N–H and O–H groups in total. The Morgan fingerprint density at radius 2 is 0.650 bits per heavy atom. The zero-order chi connectivity index (χ0) is 58.3. The second-order valence-corrected chi connectivity index (χ2v) is 24.1. The van der Waals surface area contributed by atoms with Gasteiger partial charge in [0.25, 0.3) is 0 Å². The van der Waals surface area contributed by atoms with Gasteiger partial charge in [-0.25, -0.2) is 4.57 Å². The number of phosphoric acid groups is 1. The molecule has 0 amide bonds. The molecule has 0 rings (SSSR count). The molecule has 0 aliphatic heterocycles. The van der Waals surface area contributed by atoms with Crippen LogP contribution in [0.4, 0.5) is 0 Å². The minimum absolute atomic E-state index is 0.159. The number of rotatable bonds is 63. The second-order valence-electron chi connectivity index (χ2n) is 22.6. The van der Waals surface area contributed by atoms with Gasteiger partial charge in [0.1, 0.15) is 12.7 Å². The van der Waals surface area contributed by atoms with Crippen molar-refractivity contribution in [1.29, 1.82) is 0 Å². The molecular formula is C68H125O11P. The molecule has 0 radical (unpaired) electrons. The molecule has 0 aromatic rings. The Labute approximate surface area is 492 Å². The SMILES string of the molecule is CC/C=C\C/C=C\C/C=C\CCCCCCCC(=O)OC(CO)COP(=O)(O)OCC(COC(=O)CCCCCCCCCCCCCCCCCCCCC)OC(=O)CCCCCCCCCCC/C=C\CCCCCCCC. The largest absolute Gasteiger partial charge is 0.472 e. The average Bonchev–Trinajstić information content (AvgIpc) is 3.45. The van der Waals surface area contributed by atoms with Crippen LogP contribution in [0.5, 0.6) is 0 Å². The highest BCUT2D eigenvalue weighted by molar-refractivity contribution is 7.47. The predicted octanol–water partition coefficient (Wildman–Crippen LogP) is 20.5. The van der Waals surface area contributed by atoms with Crippen LogP contribution in [0, 0.1) is 0 Å². The van der Waals surface area contributed by atoms with Crippen molar-refractivity contribution in [2.24, 2.45) is 0 Å². The quantitative estimate of drug-likeness (QED) is 0.0197. The molecule has 0 aromatic carbocycles. The van der Waals surface area contributed by atoms with Gasteiger partial charge in [0.2, 0.25) is 0 Å². The van der Waals surface area contributed by atoms with Gasteiger partial charge in [-0.1, -0.05) is 281 Å². The standard InChI is InChI=1S/C68H125O11P/c1-4-7-10-13-16-19-22-25-28-30-32-34-37-39-42-45-48-51-54-57-66(70)75-61-65(79-68(72)59-56-53-50-47-44-41-38-35-33-31-29-26-23-20-17-14-11-8-5-2)63-77-80(73,74)76-62-64(60-69)78-67(71)58-55-52-49-46-43-40-36-27-24-21-18-15-12-9-6-3/h9,12,18,21,26-27,29,36,64-65,69H,4-8,10-11,13-17,19-20,22-25,28,30-35,37-63H2,1-3H3,(H,73,74)/b12-9-,21-18-,29-26-,36-27-. The summed E-state index contributed by atoms with van der Waals surface area (Å²) in [5.74, 6) is -1.46. The van der Waals surface area contributed by atoms with Gasteiger partial charge in [-0.3, -0.25) is 23.4 Å². The Morgan fingerprint density at radius 3 is 1.01 bits per heavy atom. The molecule has 0 aliphatic carbocycles. The number of unbranched alkanes of at least 4 members (excludes halogenated alkanes) is 38. The molecule has 0 heterocycles. The second kappa shape index (κ2) is 62.5. The summed E-state index contributed by atoms with van der Waals surface area (Å²) in [5, 5.41) is 9.85. The summed E-state index contributed by atoms with van der Waals surface area (Å²) in [6, 6.07) is 0. The molecule has 0 spiro atoms. The van der Waals surface area contributed by atoms with E-state index in [2.05, 4.69) is 69.4 Å². The number of carbonyl (C=O) groups excluding carboxylic acids is 3. The van der Waals surface area contributed by atoms with E-state index in [1.165, 1.54) is 180 Å². The number of hydrogen-bond acceptors (Lipinski definition) is 10. The average molecular weight is 1150 g/mol. The van der Waals surface area contributed by atoms with Crippen molar-refractivity contribution >= 4 is 25.7 Å². The van der Waals surface area contributed by atoms with E-state index in [0.29, 0.717) is 19.3 Å². The highest BCUT2D eigenvalue weighted by Gasteiger charge is 2.28. The van der Waals surface area contributed by atoms with Gasteiger partial charge in [-0.2, -0.15) is 0 Å². The lowest BCUT2D eigenvalue weighted by atomic mass is 10.0. The van der Waals surface area contributed by atoms with E-state index in [1.54, 1.807) is 0 Å². The number of carbonyl (C=O) groups is 3. The molecular weight excluding hydrogens is 1020 g/mol. The third-order valence-corrected chi connectivity index (χ3v) is 15.7. The minimum Gasteiger partial charge on any atom is -0.462 e. The van der Waals surface area contributed by atoms with Gasteiger partial charge in [-0.15, -0.1) is 0 Å². The first-order chi connectivity index (χ1) is 39.2.